The maximum absolute atomic E-state index is 12.5. The molecule has 0 bridgehead atoms. The fourth-order valence-corrected chi connectivity index (χ4v) is 2.89. The highest BCUT2D eigenvalue weighted by Gasteiger charge is 2.27. The van der Waals surface area contributed by atoms with Crippen LogP contribution < -0.4 is 15.1 Å². The van der Waals surface area contributed by atoms with E-state index >= 15 is 0 Å². The summed E-state index contributed by atoms with van der Waals surface area (Å²) in [5.74, 6) is -1.12. The van der Waals surface area contributed by atoms with Crippen molar-refractivity contribution in [1.82, 2.24) is 0 Å². The van der Waals surface area contributed by atoms with Crippen LogP contribution in [0.2, 0.25) is 0 Å². The van der Waals surface area contributed by atoms with Crippen molar-refractivity contribution in [3.05, 3.63) is 54.1 Å². The minimum atomic E-state index is -0.607. The molecule has 24 heavy (non-hydrogen) atoms. The molecule has 2 aromatic carbocycles. The zero-order chi connectivity index (χ0) is 17.1. The molecule has 0 radical (unpaired) electrons. The molecular weight excluding hydrogens is 302 g/mol. The van der Waals surface area contributed by atoms with Crippen molar-refractivity contribution in [2.75, 3.05) is 35.8 Å². The van der Waals surface area contributed by atoms with E-state index in [1.54, 1.807) is 17.0 Å². The topological polar surface area (TPSA) is 52.7 Å². The molecule has 0 atom stereocenters. The van der Waals surface area contributed by atoms with Gasteiger partial charge in [-0.1, -0.05) is 18.2 Å². The molecule has 0 unspecified atom stereocenters. The summed E-state index contributed by atoms with van der Waals surface area (Å²) in [4.78, 5) is 28.4. The number of carbonyl (C=O) groups excluding carboxylic acids is 2. The van der Waals surface area contributed by atoms with Crippen LogP contribution in [-0.2, 0) is 16.0 Å². The Morgan fingerprint density at radius 1 is 1.04 bits per heavy atom. The molecule has 2 amide bonds. The standard InChI is InChI=1S/C19H21N3O2/c1-21(2)16-11-9-15(10-12-16)20-18(23)19(24)22-13-5-7-14-6-3-4-8-17(14)22/h3-4,6,8-12H,5,7,13H2,1-2H3,(H,20,23). The second kappa shape index (κ2) is 6.74. The molecule has 1 aliphatic rings. The number of hydrogen-bond acceptors (Lipinski definition) is 3. The molecular formula is C19H21N3O2. The lowest BCUT2D eigenvalue weighted by Gasteiger charge is -2.28. The van der Waals surface area contributed by atoms with Crippen molar-refractivity contribution in [2.24, 2.45) is 0 Å². The summed E-state index contributed by atoms with van der Waals surface area (Å²) in [6.45, 7) is 0.572. The van der Waals surface area contributed by atoms with E-state index in [9.17, 15) is 9.59 Å². The molecule has 1 aliphatic heterocycles. The molecule has 5 nitrogen and oxygen atoms in total. The molecule has 1 heterocycles. The first kappa shape index (κ1) is 16.1. The number of para-hydroxylation sites is 1. The van der Waals surface area contributed by atoms with E-state index in [1.165, 1.54) is 0 Å². The molecule has 124 valence electrons. The third-order valence-electron chi connectivity index (χ3n) is 4.19. The number of anilines is 3. The Morgan fingerprint density at radius 2 is 1.75 bits per heavy atom. The van der Waals surface area contributed by atoms with Gasteiger partial charge in [0, 0.05) is 37.7 Å². The number of hydrogen-bond donors (Lipinski definition) is 1. The Kier molecular flexibility index (Phi) is 4.51. The summed E-state index contributed by atoms with van der Waals surface area (Å²) >= 11 is 0. The van der Waals surface area contributed by atoms with Crippen LogP contribution in [0.25, 0.3) is 0 Å². The lowest BCUT2D eigenvalue weighted by atomic mass is 10.0. The molecule has 0 saturated carbocycles. The van der Waals surface area contributed by atoms with Gasteiger partial charge in [-0.15, -0.1) is 0 Å². The van der Waals surface area contributed by atoms with E-state index in [0.29, 0.717) is 12.2 Å². The Labute approximate surface area is 141 Å². The van der Waals surface area contributed by atoms with Gasteiger partial charge in [-0.3, -0.25) is 9.59 Å². The summed E-state index contributed by atoms with van der Waals surface area (Å²) in [5, 5.41) is 2.69. The van der Waals surface area contributed by atoms with Crippen molar-refractivity contribution in [1.29, 1.82) is 0 Å². The average molecular weight is 323 g/mol. The minimum Gasteiger partial charge on any atom is -0.378 e. The monoisotopic (exact) mass is 323 g/mol. The summed E-state index contributed by atoms with van der Waals surface area (Å²) in [7, 11) is 3.90. The van der Waals surface area contributed by atoms with Gasteiger partial charge < -0.3 is 15.1 Å². The third-order valence-corrected chi connectivity index (χ3v) is 4.19. The van der Waals surface area contributed by atoms with Gasteiger partial charge in [0.15, 0.2) is 0 Å². The van der Waals surface area contributed by atoms with Gasteiger partial charge in [0.25, 0.3) is 0 Å². The van der Waals surface area contributed by atoms with Crippen LogP contribution in [0.3, 0.4) is 0 Å². The summed E-state index contributed by atoms with van der Waals surface area (Å²) in [6.07, 6.45) is 1.81. The predicted octanol–water partition coefficient (Wildman–Crippen LogP) is 2.67. The Morgan fingerprint density at radius 3 is 2.46 bits per heavy atom. The van der Waals surface area contributed by atoms with Crippen LogP contribution in [0, 0.1) is 0 Å². The highest BCUT2D eigenvalue weighted by Crippen LogP contribution is 2.27. The number of nitrogens with zero attached hydrogens (tertiary/aromatic N) is 2. The van der Waals surface area contributed by atoms with Crippen LogP contribution in [0.4, 0.5) is 17.1 Å². The van der Waals surface area contributed by atoms with Gasteiger partial charge >= 0.3 is 11.8 Å². The molecule has 1 N–H and O–H groups in total. The van der Waals surface area contributed by atoms with E-state index in [2.05, 4.69) is 5.32 Å². The van der Waals surface area contributed by atoms with Crippen LogP contribution >= 0.6 is 0 Å². The number of aryl methyl sites for hydroxylation is 1. The van der Waals surface area contributed by atoms with Crippen LogP contribution in [-0.4, -0.2) is 32.5 Å². The largest absolute Gasteiger partial charge is 0.378 e. The molecule has 0 spiro atoms. The molecule has 0 fully saturated rings. The van der Waals surface area contributed by atoms with Gasteiger partial charge in [-0.05, 0) is 48.7 Å². The van der Waals surface area contributed by atoms with Crippen molar-refractivity contribution < 1.29 is 9.59 Å². The molecule has 3 rings (SSSR count). The van der Waals surface area contributed by atoms with Crippen molar-refractivity contribution in [2.45, 2.75) is 12.8 Å². The first-order valence-electron chi connectivity index (χ1n) is 8.04. The summed E-state index contributed by atoms with van der Waals surface area (Å²) in [6, 6.07) is 15.1. The summed E-state index contributed by atoms with van der Waals surface area (Å²) in [5.41, 5.74) is 3.60. The van der Waals surface area contributed by atoms with E-state index in [-0.39, 0.29) is 0 Å². The number of rotatable bonds is 2. The fourth-order valence-electron chi connectivity index (χ4n) is 2.89. The number of benzene rings is 2. The van der Waals surface area contributed by atoms with E-state index in [0.717, 1.165) is 29.8 Å². The Balaban J connectivity index is 1.73. The molecule has 0 aromatic heterocycles. The molecule has 0 aliphatic carbocycles. The highest BCUT2D eigenvalue weighted by atomic mass is 16.2. The normalized spacial score (nSPS) is 13.2. The van der Waals surface area contributed by atoms with Crippen LogP contribution in [0.5, 0.6) is 0 Å². The zero-order valence-corrected chi connectivity index (χ0v) is 14.0. The third kappa shape index (κ3) is 3.25. The quantitative estimate of drug-likeness (QED) is 0.865. The van der Waals surface area contributed by atoms with Crippen LogP contribution in [0.15, 0.2) is 48.5 Å². The maximum Gasteiger partial charge on any atom is 0.316 e. The Bertz CT molecular complexity index is 753. The molecule has 5 heteroatoms. The highest BCUT2D eigenvalue weighted by molar-refractivity contribution is 6.44. The second-order valence-electron chi connectivity index (χ2n) is 6.08. The number of nitrogens with one attached hydrogen (secondary N) is 1. The summed E-state index contributed by atoms with van der Waals surface area (Å²) < 4.78 is 0. The van der Waals surface area contributed by atoms with Gasteiger partial charge in [-0.25, -0.2) is 0 Å². The first-order chi connectivity index (χ1) is 11.6. The minimum absolute atomic E-state index is 0.515. The van der Waals surface area contributed by atoms with Crippen molar-refractivity contribution >= 4 is 28.9 Å². The van der Waals surface area contributed by atoms with Gasteiger partial charge in [0.2, 0.25) is 0 Å². The zero-order valence-electron chi connectivity index (χ0n) is 14.0. The van der Waals surface area contributed by atoms with E-state index in [1.807, 2.05) is 55.4 Å². The van der Waals surface area contributed by atoms with E-state index < -0.39 is 11.8 Å². The van der Waals surface area contributed by atoms with Gasteiger partial charge in [-0.2, -0.15) is 0 Å². The number of carbonyl (C=O) groups is 2. The lowest BCUT2D eigenvalue weighted by molar-refractivity contribution is -0.134. The average Bonchev–Trinajstić information content (AvgIpc) is 2.61. The van der Waals surface area contributed by atoms with Crippen LogP contribution in [0.1, 0.15) is 12.0 Å². The number of fused-ring (bicyclic) bond motifs is 1. The van der Waals surface area contributed by atoms with Gasteiger partial charge in [0.05, 0.1) is 0 Å². The fraction of sp³-hybridized carbons (Fsp3) is 0.263. The van der Waals surface area contributed by atoms with Gasteiger partial charge in [0.1, 0.15) is 0 Å². The van der Waals surface area contributed by atoms with Crippen molar-refractivity contribution in [3.8, 4) is 0 Å². The van der Waals surface area contributed by atoms with Crippen molar-refractivity contribution in [3.63, 3.8) is 0 Å². The second-order valence-corrected chi connectivity index (χ2v) is 6.08. The molecule has 2 aromatic rings. The SMILES string of the molecule is CN(C)c1ccc(NC(=O)C(=O)N2CCCc3ccccc32)cc1. The lowest BCUT2D eigenvalue weighted by Crippen LogP contribution is -2.42. The smallest absolute Gasteiger partial charge is 0.316 e. The predicted molar refractivity (Wildman–Crippen MR) is 96.5 cm³/mol. The van der Waals surface area contributed by atoms with E-state index in [4.69, 9.17) is 0 Å². The molecule has 0 saturated heterocycles. The number of amides is 2. The first-order valence-corrected chi connectivity index (χ1v) is 8.04. The maximum atomic E-state index is 12.5. The Hall–Kier alpha value is -2.82.